The second-order valence-electron chi connectivity index (χ2n) is 10.5. The number of hydrogen-bond acceptors (Lipinski definition) is 15. The molecule has 0 aromatic rings. The molecule has 0 aliphatic carbocycles. The van der Waals surface area contributed by atoms with Crippen LogP contribution in [0.4, 0.5) is 0 Å². The van der Waals surface area contributed by atoms with Gasteiger partial charge in [0, 0.05) is 45.4 Å². The van der Waals surface area contributed by atoms with Crippen molar-refractivity contribution in [2.45, 2.75) is 108 Å². The third-order valence-electron chi connectivity index (χ3n) is 6.64. The molecule has 0 aromatic carbocycles. The van der Waals surface area contributed by atoms with E-state index in [0.29, 0.717) is 51.5 Å². The van der Waals surface area contributed by atoms with Crippen LogP contribution in [0, 0.1) is 0 Å². The van der Waals surface area contributed by atoms with Crippen molar-refractivity contribution in [1.82, 2.24) is 10.6 Å². The number of carbonyl (C=O) groups excluding carboxylic acids is 3. The molecule has 0 aromatic heterocycles. The van der Waals surface area contributed by atoms with Gasteiger partial charge in [-0.15, -0.1) is 0 Å². The first-order valence-electron chi connectivity index (χ1n) is 15.2. The third kappa shape index (κ3) is 18.8. The van der Waals surface area contributed by atoms with Crippen LogP contribution in [-0.4, -0.2) is 132 Å². The fourth-order valence-corrected chi connectivity index (χ4v) is 3.87. The standard InChI is InChI=1S/C29H52N2O15/c1-18(34)19(31-23(38)10-4-7-17-46-29(44)27(42)25(40)21(36)12-15-33)8-2-5-13-30-22(37)9-3-6-16-45-28(43)26(41)24(39)20(35)11-14-32/h19-21,28-29,32-33,35-36,39-44H,2-17H2,1H3,(H,30,37)(H,31,38)/b26-24-,27-25-/t19-,20?,21?,28?,29?/m1/s1. The molecule has 17 nitrogen and oxygen atoms in total. The topological polar surface area (TPSA) is 296 Å². The number of amides is 2. The number of unbranched alkanes of at least 4 members (excludes halogenated alkanes) is 3. The van der Waals surface area contributed by atoms with E-state index in [1.165, 1.54) is 6.92 Å². The SMILES string of the molecule is CC(=O)[C@@H](CCCCNC(=O)CCCCOC(O)/C(O)=C(/O)C(O)CCO)NC(=O)CCCCOC(O)/C(O)=C(/O)C(O)CCO. The first kappa shape index (κ1) is 43.0. The van der Waals surface area contributed by atoms with E-state index in [0.717, 1.165) is 0 Å². The molecule has 0 fully saturated rings. The van der Waals surface area contributed by atoms with Crippen LogP contribution in [0.2, 0.25) is 0 Å². The highest BCUT2D eigenvalue weighted by molar-refractivity contribution is 5.87. The first-order chi connectivity index (χ1) is 21.8. The van der Waals surface area contributed by atoms with Gasteiger partial charge in [0.1, 0.15) is 12.2 Å². The van der Waals surface area contributed by atoms with E-state index >= 15 is 0 Å². The van der Waals surface area contributed by atoms with Crippen molar-refractivity contribution in [3.8, 4) is 0 Å². The molecule has 0 heterocycles. The predicted molar refractivity (Wildman–Crippen MR) is 161 cm³/mol. The molecule has 46 heavy (non-hydrogen) atoms. The fraction of sp³-hybridized carbons (Fsp3) is 0.759. The molecule has 12 N–H and O–H groups in total. The highest BCUT2D eigenvalue weighted by Crippen LogP contribution is 2.14. The van der Waals surface area contributed by atoms with E-state index in [1.807, 2.05) is 0 Å². The number of aliphatic hydroxyl groups excluding tert-OH is 10. The number of ether oxygens (including phenoxy) is 2. The molecule has 4 unspecified atom stereocenters. The maximum atomic E-state index is 12.3. The lowest BCUT2D eigenvalue weighted by molar-refractivity contribution is -0.127. The van der Waals surface area contributed by atoms with Crippen LogP contribution >= 0.6 is 0 Å². The summed E-state index contributed by atoms with van der Waals surface area (Å²) in [6, 6.07) is -0.693. The maximum absolute atomic E-state index is 12.3. The number of aliphatic hydroxyl groups is 10. The Labute approximate surface area is 267 Å². The summed E-state index contributed by atoms with van der Waals surface area (Å²) in [4.78, 5) is 36.2. The Morgan fingerprint density at radius 1 is 0.609 bits per heavy atom. The molecule has 0 aliphatic rings. The van der Waals surface area contributed by atoms with E-state index < -0.39 is 67.1 Å². The summed E-state index contributed by atoms with van der Waals surface area (Å²) in [7, 11) is 0. The van der Waals surface area contributed by atoms with Crippen molar-refractivity contribution in [3.05, 3.63) is 23.0 Å². The van der Waals surface area contributed by atoms with Crippen LogP contribution in [-0.2, 0) is 23.9 Å². The second-order valence-corrected chi connectivity index (χ2v) is 10.5. The molecule has 17 heteroatoms. The molecule has 0 rings (SSSR count). The van der Waals surface area contributed by atoms with Gasteiger partial charge in [0.05, 0.1) is 19.3 Å². The van der Waals surface area contributed by atoms with E-state index in [-0.39, 0.29) is 56.5 Å². The van der Waals surface area contributed by atoms with Gasteiger partial charge in [0.25, 0.3) is 0 Å². The van der Waals surface area contributed by atoms with Gasteiger partial charge >= 0.3 is 0 Å². The maximum Gasteiger partial charge on any atom is 0.220 e. The van der Waals surface area contributed by atoms with Gasteiger partial charge in [-0.1, -0.05) is 0 Å². The number of nitrogens with one attached hydrogen (secondary N) is 2. The average molecular weight is 669 g/mol. The Morgan fingerprint density at radius 3 is 1.50 bits per heavy atom. The highest BCUT2D eigenvalue weighted by Gasteiger charge is 2.22. The third-order valence-corrected chi connectivity index (χ3v) is 6.64. The Bertz CT molecular complexity index is 959. The van der Waals surface area contributed by atoms with Crippen molar-refractivity contribution >= 4 is 17.6 Å². The van der Waals surface area contributed by atoms with Crippen LogP contribution in [0.1, 0.15) is 77.6 Å². The Hall–Kier alpha value is -3.03. The van der Waals surface area contributed by atoms with Gasteiger partial charge < -0.3 is 71.2 Å². The molecule has 2 amide bonds. The first-order valence-corrected chi connectivity index (χ1v) is 15.2. The largest absolute Gasteiger partial charge is 0.506 e. The zero-order chi connectivity index (χ0) is 35.1. The summed E-state index contributed by atoms with van der Waals surface area (Å²) < 4.78 is 9.94. The summed E-state index contributed by atoms with van der Waals surface area (Å²) in [6.45, 7) is 0.717. The van der Waals surface area contributed by atoms with Gasteiger partial charge in [-0.2, -0.15) is 0 Å². The fourth-order valence-electron chi connectivity index (χ4n) is 3.87. The molecule has 0 bridgehead atoms. The number of Topliss-reactive ketones (excluding diaryl/α,β-unsaturated/α-hetero) is 1. The van der Waals surface area contributed by atoms with Crippen LogP contribution < -0.4 is 10.6 Å². The summed E-state index contributed by atoms with van der Waals surface area (Å²) in [5.41, 5.74) is 0. The molecule has 0 saturated carbocycles. The van der Waals surface area contributed by atoms with E-state index in [4.69, 9.17) is 19.7 Å². The summed E-state index contributed by atoms with van der Waals surface area (Å²) in [6.07, 6.45) is -4.21. The van der Waals surface area contributed by atoms with Crippen molar-refractivity contribution in [1.29, 1.82) is 0 Å². The van der Waals surface area contributed by atoms with E-state index in [9.17, 15) is 55.2 Å². The van der Waals surface area contributed by atoms with Crippen LogP contribution in [0.15, 0.2) is 23.0 Å². The molecule has 268 valence electrons. The highest BCUT2D eigenvalue weighted by atomic mass is 16.6. The zero-order valence-electron chi connectivity index (χ0n) is 26.2. The Balaban J connectivity index is 4.16. The molecular formula is C29H52N2O15. The van der Waals surface area contributed by atoms with E-state index in [1.54, 1.807) is 0 Å². The molecule has 0 radical (unpaired) electrons. The van der Waals surface area contributed by atoms with Crippen LogP contribution in [0.5, 0.6) is 0 Å². The second kappa shape index (κ2) is 25.1. The van der Waals surface area contributed by atoms with Crippen LogP contribution in [0.3, 0.4) is 0 Å². The lowest BCUT2D eigenvalue weighted by Gasteiger charge is -2.17. The Kier molecular flexibility index (Phi) is 23.5. The normalized spacial score (nSPS) is 16.0. The summed E-state index contributed by atoms with van der Waals surface area (Å²) >= 11 is 0. The van der Waals surface area contributed by atoms with Crippen molar-refractivity contribution in [3.63, 3.8) is 0 Å². The molecular weight excluding hydrogens is 616 g/mol. The molecule has 0 spiro atoms. The lowest BCUT2D eigenvalue weighted by atomic mass is 10.1. The minimum absolute atomic E-state index is 0.0387. The lowest BCUT2D eigenvalue weighted by Crippen LogP contribution is -2.39. The van der Waals surface area contributed by atoms with Gasteiger partial charge in [-0.05, 0) is 51.9 Å². The molecule has 0 saturated heterocycles. The van der Waals surface area contributed by atoms with Gasteiger partial charge in [-0.25, -0.2) is 0 Å². The molecule has 0 aliphatic heterocycles. The van der Waals surface area contributed by atoms with Crippen molar-refractivity contribution in [2.75, 3.05) is 33.0 Å². The minimum Gasteiger partial charge on any atom is -0.506 e. The van der Waals surface area contributed by atoms with Crippen molar-refractivity contribution < 1.29 is 74.9 Å². The number of hydrogen-bond donors (Lipinski definition) is 12. The minimum atomic E-state index is -1.89. The van der Waals surface area contributed by atoms with Crippen molar-refractivity contribution in [2.24, 2.45) is 0 Å². The van der Waals surface area contributed by atoms with E-state index in [2.05, 4.69) is 10.6 Å². The summed E-state index contributed by atoms with van der Waals surface area (Å²) in [5, 5.41) is 99.9. The number of rotatable bonds is 27. The zero-order valence-corrected chi connectivity index (χ0v) is 26.2. The average Bonchev–Trinajstić information content (AvgIpc) is 3.01. The molecule has 5 atom stereocenters. The monoisotopic (exact) mass is 668 g/mol. The number of carbonyl (C=O) groups is 3. The summed E-state index contributed by atoms with van der Waals surface area (Å²) in [5.74, 6) is -4.55. The predicted octanol–water partition coefficient (Wildman–Crippen LogP) is -0.501. The van der Waals surface area contributed by atoms with Gasteiger partial charge in [0.15, 0.2) is 28.8 Å². The van der Waals surface area contributed by atoms with Crippen LogP contribution in [0.25, 0.3) is 0 Å². The Morgan fingerprint density at radius 2 is 1.07 bits per heavy atom. The quantitative estimate of drug-likeness (QED) is 0.0298. The smallest absolute Gasteiger partial charge is 0.220 e. The van der Waals surface area contributed by atoms with Gasteiger partial charge in [0.2, 0.25) is 24.4 Å². The number of ketones is 1. The van der Waals surface area contributed by atoms with Gasteiger partial charge in [-0.3, -0.25) is 14.4 Å².